The number of phenolic OH excluding ortho intramolecular Hbond substituents is 1. The minimum atomic E-state index is -3.92. The lowest BCUT2D eigenvalue weighted by atomic mass is 9.96. The highest BCUT2D eigenvalue weighted by molar-refractivity contribution is 7.49. The van der Waals surface area contributed by atoms with E-state index in [0.717, 1.165) is 56.5 Å². The standard InChI is InChI=1S/C28H33O5P/c1-17-10-21(5)27-24(12-17)16-25-13-18(2)11-22(6)28(25)33-34(30,32-27)31-9-7-8-23-14-19(3)26(29)20(4)15-23/h10-15,29H,7-9,16H2,1-6H3. The predicted octanol–water partition coefficient (Wildman–Crippen LogP) is 7.36. The van der Waals surface area contributed by atoms with Crippen LogP contribution in [0.3, 0.4) is 0 Å². The van der Waals surface area contributed by atoms with Gasteiger partial charge in [-0.2, -0.15) is 0 Å². The van der Waals surface area contributed by atoms with Gasteiger partial charge in [0.05, 0.1) is 6.61 Å². The number of hydrogen-bond acceptors (Lipinski definition) is 5. The van der Waals surface area contributed by atoms with E-state index in [2.05, 4.69) is 12.1 Å². The van der Waals surface area contributed by atoms with Gasteiger partial charge in [0.2, 0.25) is 0 Å². The van der Waals surface area contributed by atoms with E-state index >= 15 is 0 Å². The maximum absolute atomic E-state index is 13.9. The molecule has 1 aliphatic rings. The number of aromatic hydroxyl groups is 1. The summed E-state index contributed by atoms with van der Waals surface area (Å²) in [6, 6.07) is 12.1. The Morgan fingerprint density at radius 1 is 0.794 bits per heavy atom. The van der Waals surface area contributed by atoms with Crippen LogP contribution in [0.5, 0.6) is 17.2 Å². The smallest absolute Gasteiger partial charge is 0.507 e. The molecule has 0 fully saturated rings. The van der Waals surface area contributed by atoms with Crippen LogP contribution in [0, 0.1) is 41.5 Å². The van der Waals surface area contributed by atoms with E-state index in [4.69, 9.17) is 13.6 Å². The number of phenols is 1. The third-order valence-electron chi connectivity index (χ3n) is 6.19. The molecule has 0 aromatic heterocycles. The lowest BCUT2D eigenvalue weighted by Crippen LogP contribution is -2.13. The maximum atomic E-state index is 13.9. The van der Waals surface area contributed by atoms with Crippen LogP contribution < -0.4 is 9.05 Å². The van der Waals surface area contributed by atoms with Crippen LogP contribution in [0.4, 0.5) is 0 Å². The Kier molecular flexibility index (Phi) is 6.80. The Hall–Kier alpha value is -2.75. The zero-order valence-electron chi connectivity index (χ0n) is 20.8. The molecular weight excluding hydrogens is 447 g/mol. The number of phosphoric acid groups is 1. The first-order valence-electron chi connectivity index (χ1n) is 11.7. The van der Waals surface area contributed by atoms with Gasteiger partial charge >= 0.3 is 7.82 Å². The summed E-state index contributed by atoms with van der Waals surface area (Å²) >= 11 is 0. The summed E-state index contributed by atoms with van der Waals surface area (Å²) in [4.78, 5) is 0. The van der Waals surface area contributed by atoms with Crippen molar-refractivity contribution < 1.29 is 23.2 Å². The normalized spacial score (nSPS) is 14.3. The predicted molar refractivity (Wildman–Crippen MR) is 135 cm³/mol. The van der Waals surface area contributed by atoms with E-state index in [-0.39, 0.29) is 6.61 Å². The summed E-state index contributed by atoms with van der Waals surface area (Å²) in [6.45, 7) is 12.0. The molecule has 6 heteroatoms. The second-order valence-corrected chi connectivity index (χ2v) is 11.0. The lowest BCUT2D eigenvalue weighted by Gasteiger charge is -2.27. The number of phosphoric ester groups is 1. The second kappa shape index (κ2) is 9.48. The Morgan fingerprint density at radius 2 is 1.29 bits per heavy atom. The average Bonchev–Trinajstić information content (AvgIpc) is 2.73. The van der Waals surface area contributed by atoms with Crippen molar-refractivity contribution in [3.63, 3.8) is 0 Å². The van der Waals surface area contributed by atoms with Gasteiger partial charge in [0.25, 0.3) is 0 Å². The van der Waals surface area contributed by atoms with Gasteiger partial charge in [0.1, 0.15) is 17.2 Å². The van der Waals surface area contributed by atoms with Gasteiger partial charge in [0, 0.05) is 6.42 Å². The van der Waals surface area contributed by atoms with Crippen molar-refractivity contribution in [2.75, 3.05) is 6.61 Å². The summed E-state index contributed by atoms with van der Waals surface area (Å²) in [7, 11) is -3.92. The van der Waals surface area contributed by atoms with E-state index in [1.54, 1.807) is 0 Å². The molecule has 1 N–H and O–H groups in total. The van der Waals surface area contributed by atoms with Crippen molar-refractivity contribution in [1.82, 2.24) is 0 Å². The number of aryl methyl sites for hydroxylation is 7. The van der Waals surface area contributed by atoms with Gasteiger partial charge in [0.15, 0.2) is 0 Å². The van der Waals surface area contributed by atoms with Crippen molar-refractivity contribution in [3.8, 4) is 17.2 Å². The van der Waals surface area contributed by atoms with E-state index in [9.17, 15) is 9.67 Å². The fraction of sp³-hybridized carbons (Fsp3) is 0.357. The third kappa shape index (κ3) is 5.16. The molecule has 0 saturated carbocycles. The Morgan fingerprint density at radius 3 is 1.79 bits per heavy atom. The van der Waals surface area contributed by atoms with Gasteiger partial charge in [-0.25, -0.2) is 4.57 Å². The van der Waals surface area contributed by atoms with Crippen molar-refractivity contribution in [3.05, 3.63) is 86.5 Å². The Labute approximate surface area is 202 Å². The van der Waals surface area contributed by atoms with Crippen LogP contribution in [-0.2, 0) is 21.9 Å². The fourth-order valence-corrected chi connectivity index (χ4v) is 6.22. The van der Waals surface area contributed by atoms with Crippen molar-refractivity contribution in [1.29, 1.82) is 0 Å². The molecule has 0 unspecified atom stereocenters. The van der Waals surface area contributed by atoms with Crippen LogP contribution in [0.25, 0.3) is 0 Å². The zero-order valence-corrected chi connectivity index (χ0v) is 21.7. The number of benzene rings is 3. The zero-order chi connectivity index (χ0) is 24.6. The minimum Gasteiger partial charge on any atom is -0.507 e. The summed E-state index contributed by atoms with van der Waals surface area (Å²) in [5.74, 6) is 1.47. The molecule has 0 atom stereocenters. The largest absolute Gasteiger partial charge is 0.587 e. The topological polar surface area (TPSA) is 65.0 Å². The highest BCUT2D eigenvalue weighted by atomic mass is 31.2. The summed E-state index contributed by atoms with van der Waals surface area (Å²) in [5.41, 5.74) is 8.82. The number of rotatable bonds is 5. The molecule has 5 nitrogen and oxygen atoms in total. The van der Waals surface area contributed by atoms with Crippen LogP contribution in [0.15, 0.2) is 36.4 Å². The first kappa shape index (κ1) is 24.4. The Balaban J connectivity index is 1.60. The first-order valence-corrected chi connectivity index (χ1v) is 13.1. The molecule has 0 spiro atoms. The van der Waals surface area contributed by atoms with Crippen LogP contribution in [0.1, 0.15) is 56.5 Å². The number of hydrogen-bond donors (Lipinski definition) is 1. The van der Waals surface area contributed by atoms with Crippen molar-refractivity contribution in [2.45, 2.75) is 60.8 Å². The quantitative estimate of drug-likeness (QED) is 0.305. The minimum absolute atomic E-state index is 0.219. The van der Waals surface area contributed by atoms with Gasteiger partial charge in [-0.05, 0) is 93.3 Å². The molecule has 34 heavy (non-hydrogen) atoms. The fourth-order valence-electron chi connectivity index (χ4n) is 4.75. The summed E-state index contributed by atoms with van der Waals surface area (Å²) < 4.78 is 31.8. The van der Waals surface area contributed by atoms with Gasteiger partial charge in [-0.1, -0.05) is 47.5 Å². The van der Waals surface area contributed by atoms with E-state index in [1.165, 1.54) is 0 Å². The molecule has 0 radical (unpaired) electrons. The van der Waals surface area contributed by atoms with E-state index < -0.39 is 7.82 Å². The van der Waals surface area contributed by atoms with E-state index in [1.807, 2.05) is 65.8 Å². The monoisotopic (exact) mass is 480 g/mol. The highest BCUT2D eigenvalue weighted by Gasteiger charge is 2.36. The van der Waals surface area contributed by atoms with Crippen LogP contribution >= 0.6 is 7.82 Å². The molecule has 4 rings (SSSR count). The summed E-state index contributed by atoms with van der Waals surface area (Å²) in [6.07, 6.45) is 2.00. The van der Waals surface area contributed by atoms with E-state index in [0.29, 0.717) is 30.1 Å². The van der Waals surface area contributed by atoms with Crippen LogP contribution in [-0.4, -0.2) is 11.7 Å². The lowest BCUT2D eigenvalue weighted by molar-refractivity contribution is 0.204. The molecule has 0 bridgehead atoms. The Bertz CT molecular complexity index is 1210. The molecule has 0 aliphatic carbocycles. The maximum Gasteiger partial charge on any atom is 0.587 e. The SMILES string of the molecule is Cc1cc(C)c2c(c1)Cc1cc(C)cc(C)c1OP(=O)(OCCCc1cc(C)c(O)c(C)c1)O2. The molecule has 0 saturated heterocycles. The van der Waals surface area contributed by atoms with Crippen molar-refractivity contribution in [2.24, 2.45) is 0 Å². The number of fused-ring (bicyclic) bond motifs is 2. The first-order chi connectivity index (χ1) is 16.0. The van der Waals surface area contributed by atoms with Gasteiger partial charge in [-0.3, -0.25) is 4.52 Å². The van der Waals surface area contributed by atoms with Gasteiger partial charge in [-0.15, -0.1) is 0 Å². The molecule has 1 aliphatic heterocycles. The molecule has 3 aromatic carbocycles. The molecule has 180 valence electrons. The van der Waals surface area contributed by atoms with Crippen molar-refractivity contribution >= 4 is 7.82 Å². The second-order valence-electron chi connectivity index (χ2n) is 9.46. The molecule has 1 heterocycles. The molecular formula is C28H33O5P. The highest BCUT2D eigenvalue weighted by Crippen LogP contribution is 2.54. The third-order valence-corrected chi connectivity index (χ3v) is 7.50. The average molecular weight is 481 g/mol. The molecule has 0 amide bonds. The molecule has 3 aromatic rings. The summed E-state index contributed by atoms with van der Waals surface area (Å²) in [5, 5.41) is 10.0. The van der Waals surface area contributed by atoms with Gasteiger partial charge < -0.3 is 14.2 Å². The van der Waals surface area contributed by atoms with Crippen LogP contribution in [0.2, 0.25) is 0 Å².